The van der Waals surface area contributed by atoms with Gasteiger partial charge in [0.05, 0.1) is 10.5 Å². The van der Waals surface area contributed by atoms with Crippen molar-refractivity contribution >= 4 is 23.1 Å². The highest BCUT2D eigenvalue weighted by atomic mass is 32.1. The number of rotatable bonds is 5. The Hall–Kier alpha value is -0.640. The van der Waals surface area contributed by atoms with Gasteiger partial charge in [-0.1, -0.05) is 32.5 Å². The Morgan fingerprint density at radius 3 is 2.41 bits per heavy atom. The number of nitrogens with one attached hydrogen (secondary N) is 1. The molecule has 3 nitrogen and oxygen atoms in total. The van der Waals surface area contributed by atoms with Crippen LogP contribution >= 0.6 is 12.2 Å². The predicted molar refractivity (Wildman–Crippen MR) is 74.8 cm³/mol. The van der Waals surface area contributed by atoms with Crippen molar-refractivity contribution in [2.24, 2.45) is 11.7 Å². The van der Waals surface area contributed by atoms with E-state index in [4.69, 9.17) is 18.0 Å². The van der Waals surface area contributed by atoms with E-state index >= 15 is 0 Å². The fourth-order valence-electron chi connectivity index (χ4n) is 2.57. The Kier molecular flexibility index (Phi) is 5.37. The van der Waals surface area contributed by atoms with Crippen LogP contribution in [0.2, 0.25) is 0 Å². The molecule has 0 saturated heterocycles. The van der Waals surface area contributed by atoms with Crippen LogP contribution in [-0.2, 0) is 4.79 Å². The van der Waals surface area contributed by atoms with Gasteiger partial charge in [-0.2, -0.15) is 0 Å². The van der Waals surface area contributed by atoms with Crippen molar-refractivity contribution < 1.29 is 4.79 Å². The van der Waals surface area contributed by atoms with Gasteiger partial charge in [0.25, 0.3) is 0 Å². The standard InChI is InChI=1S/C13H24N2OS/c1-3-5-11(16)15-13(12(14)17)8-6-10(4-2)7-9-13/h10H,3-9H2,1-2H3,(H2,14,17)(H,15,16). The van der Waals surface area contributed by atoms with Gasteiger partial charge in [0.15, 0.2) is 0 Å². The first-order valence-electron chi connectivity index (χ1n) is 6.65. The summed E-state index contributed by atoms with van der Waals surface area (Å²) in [5.74, 6) is 0.843. The molecule has 1 saturated carbocycles. The van der Waals surface area contributed by atoms with Crippen LogP contribution < -0.4 is 11.1 Å². The highest BCUT2D eigenvalue weighted by Crippen LogP contribution is 2.34. The van der Waals surface area contributed by atoms with Gasteiger partial charge in [0.1, 0.15) is 0 Å². The molecule has 0 aromatic carbocycles. The molecule has 0 heterocycles. The van der Waals surface area contributed by atoms with E-state index < -0.39 is 5.54 Å². The molecule has 3 N–H and O–H groups in total. The van der Waals surface area contributed by atoms with Crippen molar-refractivity contribution in [2.75, 3.05) is 0 Å². The second kappa shape index (κ2) is 6.34. The van der Waals surface area contributed by atoms with Crippen LogP contribution in [0.15, 0.2) is 0 Å². The Bertz CT molecular complexity index is 283. The number of carbonyl (C=O) groups is 1. The predicted octanol–water partition coefficient (Wildman–Crippen LogP) is 2.53. The lowest BCUT2D eigenvalue weighted by molar-refractivity contribution is -0.122. The minimum absolute atomic E-state index is 0.0789. The molecular formula is C13H24N2OS. The lowest BCUT2D eigenvalue weighted by Crippen LogP contribution is -2.58. The number of carbonyl (C=O) groups excluding carboxylic acids is 1. The summed E-state index contributed by atoms with van der Waals surface area (Å²) in [5, 5.41) is 3.07. The largest absolute Gasteiger partial charge is 0.391 e. The summed E-state index contributed by atoms with van der Waals surface area (Å²) < 4.78 is 0. The van der Waals surface area contributed by atoms with E-state index in [1.54, 1.807) is 0 Å². The van der Waals surface area contributed by atoms with Gasteiger partial charge < -0.3 is 11.1 Å². The van der Waals surface area contributed by atoms with Gasteiger partial charge in [-0.3, -0.25) is 4.79 Å². The van der Waals surface area contributed by atoms with Crippen LogP contribution in [0, 0.1) is 5.92 Å². The van der Waals surface area contributed by atoms with Gasteiger partial charge >= 0.3 is 0 Å². The normalized spacial score (nSPS) is 28.7. The summed E-state index contributed by atoms with van der Waals surface area (Å²) in [4.78, 5) is 12.2. The van der Waals surface area contributed by atoms with Crippen LogP contribution in [0.1, 0.15) is 58.8 Å². The van der Waals surface area contributed by atoms with E-state index in [-0.39, 0.29) is 5.91 Å². The lowest BCUT2D eigenvalue weighted by atomic mass is 9.75. The molecule has 17 heavy (non-hydrogen) atoms. The highest BCUT2D eigenvalue weighted by Gasteiger charge is 2.38. The molecule has 1 rings (SSSR count). The molecule has 0 aromatic heterocycles. The smallest absolute Gasteiger partial charge is 0.220 e. The molecule has 98 valence electrons. The first-order valence-corrected chi connectivity index (χ1v) is 7.05. The monoisotopic (exact) mass is 256 g/mol. The summed E-state index contributed by atoms with van der Waals surface area (Å²) >= 11 is 5.17. The maximum absolute atomic E-state index is 11.7. The van der Waals surface area contributed by atoms with Crippen molar-refractivity contribution in [1.29, 1.82) is 0 Å². The van der Waals surface area contributed by atoms with Crippen molar-refractivity contribution in [3.05, 3.63) is 0 Å². The zero-order chi connectivity index (χ0) is 12.9. The molecule has 0 bridgehead atoms. The third-order valence-corrected chi connectivity index (χ3v) is 4.25. The molecule has 0 aliphatic heterocycles. The lowest BCUT2D eigenvalue weighted by Gasteiger charge is -2.40. The number of nitrogens with two attached hydrogens (primary N) is 1. The van der Waals surface area contributed by atoms with E-state index in [0.29, 0.717) is 11.4 Å². The first kappa shape index (κ1) is 14.4. The minimum atomic E-state index is -0.409. The molecule has 0 unspecified atom stereocenters. The number of thiocarbonyl (C=S) groups is 1. The molecular weight excluding hydrogens is 232 g/mol. The van der Waals surface area contributed by atoms with Gasteiger partial charge in [0.2, 0.25) is 5.91 Å². The molecule has 0 spiro atoms. The van der Waals surface area contributed by atoms with Gasteiger partial charge in [-0.05, 0) is 38.0 Å². The van der Waals surface area contributed by atoms with Crippen molar-refractivity contribution in [2.45, 2.75) is 64.3 Å². The average Bonchev–Trinajstić information content (AvgIpc) is 2.30. The van der Waals surface area contributed by atoms with E-state index in [1.165, 1.54) is 6.42 Å². The number of amides is 1. The topological polar surface area (TPSA) is 55.1 Å². The summed E-state index contributed by atoms with van der Waals surface area (Å²) in [5.41, 5.74) is 5.44. The molecule has 1 aliphatic rings. The van der Waals surface area contributed by atoms with E-state index in [2.05, 4.69) is 12.2 Å². The number of hydrogen-bond acceptors (Lipinski definition) is 2. The highest BCUT2D eigenvalue weighted by molar-refractivity contribution is 7.80. The van der Waals surface area contributed by atoms with Gasteiger partial charge in [-0.25, -0.2) is 0 Å². The van der Waals surface area contributed by atoms with Crippen LogP contribution in [-0.4, -0.2) is 16.4 Å². The Morgan fingerprint density at radius 2 is 2.00 bits per heavy atom. The maximum atomic E-state index is 11.7. The van der Waals surface area contributed by atoms with Crippen LogP contribution in [0.3, 0.4) is 0 Å². The SMILES string of the molecule is CCCC(=O)NC1(C(N)=S)CCC(CC)CC1. The summed E-state index contributed by atoms with van der Waals surface area (Å²) in [6.07, 6.45) is 6.64. The Balaban J connectivity index is 2.65. The molecule has 0 radical (unpaired) electrons. The van der Waals surface area contributed by atoms with Gasteiger partial charge in [0, 0.05) is 6.42 Å². The zero-order valence-electron chi connectivity index (χ0n) is 10.9. The average molecular weight is 256 g/mol. The van der Waals surface area contributed by atoms with E-state index in [9.17, 15) is 4.79 Å². The Labute approximate surface area is 110 Å². The van der Waals surface area contributed by atoms with Gasteiger partial charge in [-0.15, -0.1) is 0 Å². The van der Waals surface area contributed by atoms with Crippen LogP contribution in [0.5, 0.6) is 0 Å². The molecule has 0 aromatic rings. The molecule has 4 heteroatoms. The van der Waals surface area contributed by atoms with E-state index in [0.717, 1.165) is 38.0 Å². The fourth-order valence-corrected chi connectivity index (χ4v) is 2.82. The summed E-state index contributed by atoms with van der Waals surface area (Å²) in [6.45, 7) is 4.22. The zero-order valence-corrected chi connectivity index (χ0v) is 11.7. The Morgan fingerprint density at radius 1 is 1.41 bits per heavy atom. The molecule has 0 atom stereocenters. The maximum Gasteiger partial charge on any atom is 0.220 e. The fraction of sp³-hybridized carbons (Fsp3) is 0.846. The quantitative estimate of drug-likeness (QED) is 0.743. The second-order valence-electron chi connectivity index (χ2n) is 5.10. The molecule has 1 amide bonds. The van der Waals surface area contributed by atoms with Crippen molar-refractivity contribution in [3.8, 4) is 0 Å². The summed E-state index contributed by atoms with van der Waals surface area (Å²) in [7, 11) is 0. The first-order chi connectivity index (χ1) is 8.04. The number of hydrogen-bond donors (Lipinski definition) is 2. The van der Waals surface area contributed by atoms with Crippen LogP contribution in [0.4, 0.5) is 0 Å². The second-order valence-corrected chi connectivity index (χ2v) is 5.54. The summed E-state index contributed by atoms with van der Waals surface area (Å²) in [6, 6.07) is 0. The molecule has 1 fully saturated rings. The van der Waals surface area contributed by atoms with Crippen molar-refractivity contribution in [1.82, 2.24) is 5.32 Å². The third kappa shape index (κ3) is 3.66. The van der Waals surface area contributed by atoms with E-state index in [1.807, 2.05) is 6.92 Å². The van der Waals surface area contributed by atoms with Crippen LogP contribution in [0.25, 0.3) is 0 Å². The minimum Gasteiger partial charge on any atom is -0.391 e. The molecule has 1 aliphatic carbocycles. The van der Waals surface area contributed by atoms with Crippen molar-refractivity contribution in [3.63, 3.8) is 0 Å². The third-order valence-electron chi connectivity index (χ3n) is 3.86.